The van der Waals surface area contributed by atoms with Crippen molar-refractivity contribution in [3.8, 4) is 6.07 Å². The van der Waals surface area contributed by atoms with Gasteiger partial charge >= 0.3 is 5.69 Å². The maximum atomic E-state index is 11.1. The second kappa shape index (κ2) is 2.66. The highest BCUT2D eigenvalue weighted by Crippen LogP contribution is 1.84. The van der Waals surface area contributed by atoms with Crippen molar-refractivity contribution < 1.29 is 0 Å². The van der Waals surface area contributed by atoms with E-state index < -0.39 is 11.2 Å². The molecule has 0 spiro atoms. The summed E-state index contributed by atoms with van der Waals surface area (Å²) in [6, 6.07) is 2.88. The van der Waals surface area contributed by atoms with E-state index in [1.54, 1.807) is 6.07 Å². The molecule has 5 heteroatoms. The van der Waals surface area contributed by atoms with Gasteiger partial charge in [0.05, 0.1) is 0 Å². The summed E-state index contributed by atoms with van der Waals surface area (Å²) in [4.78, 5) is 22.1. The predicted molar refractivity (Wildman–Crippen MR) is 41.6 cm³/mol. The van der Waals surface area contributed by atoms with Crippen molar-refractivity contribution in [2.45, 2.75) is 0 Å². The zero-order chi connectivity index (χ0) is 9.30. The van der Waals surface area contributed by atoms with Gasteiger partial charge in [-0.1, -0.05) is 0 Å². The average Bonchev–Trinajstić information content (AvgIpc) is 2.08. The molecule has 0 bridgehead atoms. The van der Waals surface area contributed by atoms with Crippen molar-refractivity contribution in [1.29, 1.82) is 5.26 Å². The summed E-state index contributed by atoms with van der Waals surface area (Å²) in [5.41, 5.74) is -0.878. The Morgan fingerprint density at radius 2 is 1.92 bits per heavy atom. The van der Waals surface area contributed by atoms with Crippen molar-refractivity contribution >= 4 is 0 Å². The first-order chi connectivity index (χ1) is 5.57. The zero-order valence-corrected chi connectivity index (χ0v) is 6.74. The van der Waals surface area contributed by atoms with Gasteiger partial charge in [-0.3, -0.25) is 13.9 Å². The van der Waals surface area contributed by atoms with Crippen molar-refractivity contribution in [3.63, 3.8) is 0 Å². The highest BCUT2D eigenvalue weighted by molar-refractivity contribution is 5.18. The molecule has 0 N–H and O–H groups in total. The molecule has 1 rings (SSSR count). The van der Waals surface area contributed by atoms with E-state index in [4.69, 9.17) is 5.26 Å². The molecule has 1 heterocycles. The predicted octanol–water partition coefficient (Wildman–Crippen LogP) is -1.04. The number of hydrogen-bond acceptors (Lipinski definition) is 3. The summed E-state index contributed by atoms with van der Waals surface area (Å²) in [7, 11) is 2.81. The minimum absolute atomic E-state index is 0.0723. The van der Waals surface area contributed by atoms with Crippen molar-refractivity contribution in [2.75, 3.05) is 0 Å². The lowest BCUT2D eigenvalue weighted by atomic mass is 10.4. The van der Waals surface area contributed by atoms with Crippen molar-refractivity contribution in [3.05, 3.63) is 32.6 Å². The van der Waals surface area contributed by atoms with E-state index >= 15 is 0 Å². The Kier molecular flexibility index (Phi) is 1.83. The molecule has 0 saturated heterocycles. The zero-order valence-electron chi connectivity index (χ0n) is 6.74. The van der Waals surface area contributed by atoms with Gasteiger partial charge in [-0.2, -0.15) is 5.26 Å². The molecule has 0 atom stereocenters. The van der Waals surface area contributed by atoms with Gasteiger partial charge < -0.3 is 0 Å². The Bertz CT molecular complexity index is 461. The molecular formula is C7H7N3O2. The Morgan fingerprint density at radius 3 is 2.42 bits per heavy atom. The number of aromatic nitrogens is 2. The van der Waals surface area contributed by atoms with Crippen LogP contribution in [0, 0.1) is 11.3 Å². The van der Waals surface area contributed by atoms with Crippen LogP contribution in [0.15, 0.2) is 15.7 Å². The topological polar surface area (TPSA) is 67.8 Å². The third kappa shape index (κ3) is 1.03. The molecule has 0 amide bonds. The van der Waals surface area contributed by atoms with Crippen LogP contribution in [0.1, 0.15) is 5.69 Å². The van der Waals surface area contributed by atoms with E-state index in [9.17, 15) is 9.59 Å². The van der Waals surface area contributed by atoms with Crippen LogP contribution < -0.4 is 11.2 Å². The second-order valence-electron chi connectivity index (χ2n) is 2.38. The van der Waals surface area contributed by atoms with E-state index in [0.29, 0.717) is 0 Å². The number of nitrogens with zero attached hydrogens (tertiary/aromatic N) is 3. The van der Waals surface area contributed by atoms with E-state index in [1.807, 2.05) is 0 Å². The van der Waals surface area contributed by atoms with E-state index in [-0.39, 0.29) is 5.69 Å². The van der Waals surface area contributed by atoms with Crippen LogP contribution in [-0.4, -0.2) is 9.13 Å². The van der Waals surface area contributed by atoms with Gasteiger partial charge in [-0.15, -0.1) is 0 Å². The molecule has 0 radical (unpaired) electrons. The smallest absolute Gasteiger partial charge is 0.288 e. The minimum atomic E-state index is -0.487. The molecule has 1 aromatic heterocycles. The lowest BCUT2D eigenvalue weighted by Gasteiger charge is -2.01. The molecule has 0 unspecified atom stereocenters. The first-order valence-corrected chi connectivity index (χ1v) is 3.25. The molecule has 5 nitrogen and oxygen atoms in total. The largest absolute Gasteiger partial charge is 0.331 e. The fraction of sp³-hybridized carbons (Fsp3) is 0.286. The Balaban J connectivity index is 3.77. The first-order valence-electron chi connectivity index (χ1n) is 3.25. The summed E-state index contributed by atoms with van der Waals surface area (Å²) in [6.07, 6.45) is 0. The lowest BCUT2D eigenvalue weighted by molar-refractivity contribution is 0.678. The number of hydrogen-bond donors (Lipinski definition) is 0. The fourth-order valence-electron chi connectivity index (χ4n) is 0.840. The molecule has 0 aliphatic rings. The maximum Gasteiger partial charge on any atom is 0.331 e. The summed E-state index contributed by atoms with van der Waals surface area (Å²) < 4.78 is 2.07. The lowest BCUT2D eigenvalue weighted by Crippen LogP contribution is -2.37. The van der Waals surface area contributed by atoms with E-state index in [0.717, 1.165) is 15.2 Å². The molecule has 12 heavy (non-hydrogen) atoms. The summed E-state index contributed by atoms with van der Waals surface area (Å²) in [5, 5.41) is 8.50. The molecule has 62 valence electrons. The number of rotatable bonds is 0. The Hall–Kier alpha value is -1.83. The molecule has 0 aliphatic carbocycles. The van der Waals surface area contributed by atoms with Crippen LogP contribution in [-0.2, 0) is 14.1 Å². The van der Waals surface area contributed by atoms with Crippen LogP contribution in [0.3, 0.4) is 0 Å². The third-order valence-electron chi connectivity index (χ3n) is 1.64. The van der Waals surface area contributed by atoms with Crippen LogP contribution >= 0.6 is 0 Å². The standard InChI is InChI=1S/C7H7N3O2/c1-9-5(4-8)3-6(11)10(2)7(9)12/h3H,1-2H3. The van der Waals surface area contributed by atoms with E-state index in [1.165, 1.54) is 14.1 Å². The van der Waals surface area contributed by atoms with E-state index in [2.05, 4.69) is 0 Å². The van der Waals surface area contributed by atoms with Gasteiger partial charge in [-0.05, 0) is 0 Å². The van der Waals surface area contributed by atoms with Crippen molar-refractivity contribution in [2.24, 2.45) is 14.1 Å². The second-order valence-corrected chi connectivity index (χ2v) is 2.38. The van der Waals surface area contributed by atoms with Crippen LogP contribution in [0.4, 0.5) is 0 Å². The quantitative estimate of drug-likeness (QED) is 0.493. The van der Waals surface area contributed by atoms with Gasteiger partial charge in [0.2, 0.25) is 0 Å². The maximum absolute atomic E-state index is 11.1. The third-order valence-corrected chi connectivity index (χ3v) is 1.64. The SMILES string of the molecule is Cn1c(C#N)cc(=O)n(C)c1=O. The Labute approximate surface area is 68.1 Å². The monoisotopic (exact) mass is 165 g/mol. The minimum Gasteiger partial charge on any atom is -0.288 e. The van der Waals surface area contributed by atoms with Crippen LogP contribution in [0.2, 0.25) is 0 Å². The van der Waals surface area contributed by atoms with Gasteiger partial charge in [0.1, 0.15) is 11.8 Å². The van der Waals surface area contributed by atoms with Gasteiger partial charge in [0, 0.05) is 20.2 Å². The van der Waals surface area contributed by atoms with Gasteiger partial charge in [-0.25, -0.2) is 4.79 Å². The molecule has 0 saturated carbocycles. The van der Waals surface area contributed by atoms with Gasteiger partial charge in [0.15, 0.2) is 0 Å². The highest BCUT2D eigenvalue weighted by Gasteiger charge is 2.03. The molecular weight excluding hydrogens is 158 g/mol. The van der Waals surface area contributed by atoms with Crippen LogP contribution in [0.5, 0.6) is 0 Å². The molecule has 0 aromatic carbocycles. The van der Waals surface area contributed by atoms with Crippen LogP contribution in [0.25, 0.3) is 0 Å². The average molecular weight is 165 g/mol. The summed E-state index contributed by atoms with van der Waals surface area (Å²) >= 11 is 0. The number of nitriles is 1. The molecule has 1 aromatic rings. The summed E-state index contributed by atoms with van der Waals surface area (Å²) in [6.45, 7) is 0. The molecule has 0 fully saturated rings. The Morgan fingerprint density at radius 1 is 1.33 bits per heavy atom. The van der Waals surface area contributed by atoms with Crippen molar-refractivity contribution in [1.82, 2.24) is 9.13 Å². The summed E-state index contributed by atoms with van der Waals surface area (Å²) in [5.74, 6) is 0. The first kappa shape index (κ1) is 8.27. The van der Waals surface area contributed by atoms with Gasteiger partial charge in [0.25, 0.3) is 5.56 Å². The fourth-order valence-corrected chi connectivity index (χ4v) is 0.840. The molecule has 0 aliphatic heterocycles. The normalized spacial score (nSPS) is 9.42. The highest BCUT2D eigenvalue weighted by atomic mass is 16.2.